The molecule has 5 nitrogen and oxygen atoms in total. The fourth-order valence-corrected chi connectivity index (χ4v) is 4.61. The summed E-state index contributed by atoms with van der Waals surface area (Å²) in [6, 6.07) is 3.44. The van der Waals surface area contributed by atoms with Crippen LogP contribution in [0.25, 0.3) is 0 Å². The van der Waals surface area contributed by atoms with E-state index in [1.165, 1.54) is 6.07 Å². The molecule has 52 heavy (non-hydrogen) atoms. The molecule has 0 bridgehead atoms. The molecule has 298 valence electrons. The summed E-state index contributed by atoms with van der Waals surface area (Å²) < 4.78 is 261. The van der Waals surface area contributed by atoms with Gasteiger partial charge in [0.1, 0.15) is 5.75 Å². The van der Waals surface area contributed by atoms with Crippen LogP contribution in [0.5, 0.6) is 5.75 Å². The number of ether oxygens (including phenoxy) is 1. The van der Waals surface area contributed by atoms with Crippen LogP contribution in [-0.2, 0) is 18.6 Å². The van der Waals surface area contributed by atoms with Crippen molar-refractivity contribution in [3.8, 4) is 5.75 Å². The first-order valence-electron chi connectivity index (χ1n) is 14.9. The Labute approximate surface area is 286 Å². The van der Waals surface area contributed by atoms with E-state index in [9.17, 15) is 74.6 Å². The maximum Gasteiger partial charge on any atom is 0.494 e. The Morgan fingerprint density at radius 3 is 1.06 bits per heavy atom. The minimum absolute atomic E-state index is 0.0583. The number of hydrogen-bond acceptors (Lipinski definition) is 5. The second-order valence-electron chi connectivity index (χ2n) is 14.3. The van der Waals surface area contributed by atoms with E-state index in [1.807, 2.05) is 0 Å². The van der Waals surface area contributed by atoms with Gasteiger partial charge in [0.2, 0.25) is 0 Å². The van der Waals surface area contributed by atoms with Crippen LogP contribution in [0.15, 0.2) is 18.2 Å². The van der Waals surface area contributed by atoms with Crippen molar-refractivity contribution < 1.29 is 98.0 Å². The van der Waals surface area contributed by atoms with Gasteiger partial charge in [-0.25, -0.2) is 0 Å². The summed E-state index contributed by atoms with van der Waals surface area (Å²) in [6.07, 6.45) is -10.6. The van der Waals surface area contributed by atoms with Crippen molar-refractivity contribution >= 4 is 25.2 Å². The van der Waals surface area contributed by atoms with Gasteiger partial charge in [0.25, 0.3) is 0 Å². The molecule has 24 heteroatoms. The van der Waals surface area contributed by atoms with Crippen LogP contribution >= 0.6 is 0 Å². The highest BCUT2D eigenvalue weighted by Gasteiger charge is 2.95. The van der Waals surface area contributed by atoms with Crippen LogP contribution in [-0.4, -0.2) is 90.9 Å². The van der Waals surface area contributed by atoms with E-state index in [-0.39, 0.29) is 10.9 Å². The van der Waals surface area contributed by atoms with E-state index < -0.39 is 103 Å². The van der Waals surface area contributed by atoms with Gasteiger partial charge in [-0.1, -0.05) is 6.07 Å². The van der Waals surface area contributed by atoms with Crippen molar-refractivity contribution in [3.05, 3.63) is 18.2 Å². The van der Waals surface area contributed by atoms with Gasteiger partial charge >= 0.3 is 61.9 Å². The van der Waals surface area contributed by atoms with Crippen LogP contribution in [0.2, 0.25) is 0 Å². The molecular weight excluding hydrogens is 761 g/mol. The first-order chi connectivity index (χ1) is 22.7. The Hall–Kier alpha value is -2.20. The monoisotopic (exact) mass is 792 g/mol. The smallest absolute Gasteiger partial charge is 0.493 e. The number of alkyl halides is 17. The fraction of sp³-hybridized carbons (Fsp3) is 0.786. The maximum atomic E-state index is 14.5. The van der Waals surface area contributed by atoms with Crippen LogP contribution in [0.1, 0.15) is 61.8 Å². The zero-order valence-electron chi connectivity index (χ0n) is 28.3. The first kappa shape index (κ1) is 44.2. The predicted molar refractivity (Wildman–Crippen MR) is 149 cm³/mol. The molecule has 0 saturated carbocycles. The summed E-state index contributed by atoms with van der Waals surface area (Å²) >= 11 is 0. The van der Waals surface area contributed by atoms with Gasteiger partial charge in [-0.3, -0.25) is 0 Å². The summed E-state index contributed by atoms with van der Waals surface area (Å²) in [7, 11) is -2.46. The molecule has 0 aliphatic carbocycles. The largest absolute Gasteiger partial charge is 0.494 e. The number of halogens is 17. The van der Waals surface area contributed by atoms with Gasteiger partial charge in [0, 0.05) is 0 Å². The molecule has 0 amide bonds. The fourth-order valence-electron chi connectivity index (χ4n) is 4.61. The Balaban J connectivity index is 1.95. The zero-order valence-corrected chi connectivity index (χ0v) is 28.3. The van der Waals surface area contributed by atoms with E-state index in [0.717, 1.165) is 12.1 Å². The number of rotatable bonds is 12. The molecule has 3 rings (SSSR count). The van der Waals surface area contributed by atoms with Gasteiger partial charge in [-0.15, -0.1) is 0 Å². The van der Waals surface area contributed by atoms with Crippen LogP contribution in [0.3, 0.4) is 0 Å². The van der Waals surface area contributed by atoms with Crippen LogP contribution in [0, 0.1) is 0 Å². The van der Waals surface area contributed by atoms with Crippen molar-refractivity contribution in [3.63, 3.8) is 0 Å². The lowest BCUT2D eigenvalue weighted by atomic mass is 9.71. The summed E-state index contributed by atoms with van der Waals surface area (Å²) in [5, 5.41) is 0. The van der Waals surface area contributed by atoms with Crippen molar-refractivity contribution in [1.82, 2.24) is 0 Å². The second-order valence-corrected chi connectivity index (χ2v) is 14.3. The van der Waals surface area contributed by atoms with E-state index in [1.54, 1.807) is 55.4 Å². The molecule has 2 aliphatic heterocycles. The van der Waals surface area contributed by atoms with Gasteiger partial charge < -0.3 is 23.4 Å². The highest BCUT2D eigenvalue weighted by molar-refractivity contribution is 6.66. The van der Waals surface area contributed by atoms with Crippen LogP contribution in [0.4, 0.5) is 74.6 Å². The summed E-state index contributed by atoms with van der Waals surface area (Å²) in [6.45, 7) is 11.3. The second kappa shape index (κ2) is 12.4. The molecule has 2 aliphatic rings. The topological polar surface area (TPSA) is 46.2 Å². The summed E-state index contributed by atoms with van der Waals surface area (Å²) in [5.74, 6) is -57.5. The average Bonchev–Trinajstić information content (AvgIpc) is 3.30. The molecule has 2 fully saturated rings. The van der Waals surface area contributed by atoms with Gasteiger partial charge in [0.15, 0.2) is 0 Å². The molecule has 1 aromatic carbocycles. The van der Waals surface area contributed by atoms with E-state index in [4.69, 9.17) is 23.4 Å². The van der Waals surface area contributed by atoms with Crippen molar-refractivity contribution in [2.24, 2.45) is 0 Å². The third-order valence-electron chi connectivity index (χ3n) is 9.47. The summed E-state index contributed by atoms with van der Waals surface area (Å²) in [5.41, 5.74) is -3.76. The van der Waals surface area contributed by atoms with Crippen molar-refractivity contribution in [1.29, 1.82) is 0 Å². The standard InChI is InChI=1S/C28H31B2F17O5/c1-17(2)18(3,4)50-29(49-17)14-11-15(30-51-19(5,6)20(7,8)52-30)13-16(12-14)48-10-9-21(31,32)22(33,34)23(35,36)24(37,38)25(39,40)26(41,42)27(43,44)28(45,46)47/h11-13H,9-10H2,1-8H3. The Morgan fingerprint density at radius 1 is 0.462 bits per heavy atom. The van der Waals surface area contributed by atoms with Gasteiger partial charge in [-0.2, -0.15) is 74.6 Å². The molecule has 0 radical (unpaired) electrons. The zero-order chi connectivity index (χ0) is 41.0. The molecule has 0 atom stereocenters. The normalized spacial score (nSPS) is 21.6. The van der Waals surface area contributed by atoms with Gasteiger partial charge in [0.05, 0.1) is 35.4 Å². The van der Waals surface area contributed by atoms with Crippen molar-refractivity contribution in [2.75, 3.05) is 6.61 Å². The predicted octanol–water partition coefficient (Wildman–Crippen LogP) is 8.06. The third-order valence-corrected chi connectivity index (χ3v) is 9.47. The van der Waals surface area contributed by atoms with Crippen molar-refractivity contribution in [2.45, 2.75) is 132 Å². The van der Waals surface area contributed by atoms with Gasteiger partial charge in [-0.05, 0) is 78.4 Å². The first-order valence-corrected chi connectivity index (χ1v) is 14.9. The number of hydrogen-bond donors (Lipinski definition) is 0. The Morgan fingerprint density at radius 2 is 0.750 bits per heavy atom. The minimum Gasteiger partial charge on any atom is -0.493 e. The van der Waals surface area contributed by atoms with E-state index >= 15 is 0 Å². The molecule has 1 aromatic rings. The molecular formula is C28H31B2F17O5. The Bertz CT molecular complexity index is 1410. The highest BCUT2D eigenvalue weighted by atomic mass is 19.4. The lowest BCUT2D eigenvalue weighted by Crippen LogP contribution is -2.74. The lowest BCUT2D eigenvalue weighted by molar-refractivity contribution is -0.461. The average molecular weight is 792 g/mol. The third kappa shape index (κ3) is 6.62. The lowest BCUT2D eigenvalue weighted by Gasteiger charge is -2.42. The highest BCUT2D eigenvalue weighted by Crippen LogP contribution is 2.64. The molecule has 0 aromatic heterocycles. The number of benzene rings is 1. The van der Waals surface area contributed by atoms with E-state index in [0.29, 0.717) is 0 Å². The molecule has 2 heterocycles. The van der Waals surface area contributed by atoms with E-state index in [2.05, 4.69) is 0 Å². The maximum absolute atomic E-state index is 14.5. The molecule has 2 saturated heterocycles. The molecule has 0 unspecified atom stereocenters. The van der Waals surface area contributed by atoms with Crippen LogP contribution < -0.4 is 15.7 Å². The minimum atomic E-state index is -8.70. The Kier molecular flexibility index (Phi) is 10.5. The molecule has 0 N–H and O–H groups in total. The SMILES string of the molecule is CC1(C)OB(c2cc(OCCC(F)(F)C(F)(F)C(F)(F)C(F)(F)C(F)(F)C(F)(F)C(F)(F)C(F)(F)F)cc(B3OC(C)(C)C(C)(C)O3)c2)OC1(C)C. The molecule has 0 spiro atoms. The summed E-state index contributed by atoms with van der Waals surface area (Å²) in [4.78, 5) is 0. The quantitative estimate of drug-likeness (QED) is 0.159.